The molecule has 0 aliphatic carbocycles. The Labute approximate surface area is 177 Å². The van der Waals surface area contributed by atoms with Gasteiger partial charge in [-0.05, 0) is 37.5 Å². The molecule has 1 fully saturated rings. The Morgan fingerprint density at radius 2 is 1.83 bits per heavy atom. The molecule has 0 spiro atoms. The highest BCUT2D eigenvalue weighted by molar-refractivity contribution is 7.99. The zero-order valence-electron chi connectivity index (χ0n) is 16.7. The maximum Gasteiger partial charge on any atom is 0.283 e. The summed E-state index contributed by atoms with van der Waals surface area (Å²) in [5.74, 6) is 0.407. The lowest BCUT2D eigenvalue weighted by Crippen LogP contribution is -3.13. The Balaban J connectivity index is 1.60. The average molecular weight is 424 g/mol. The number of para-hydroxylation sites is 2. The highest BCUT2D eigenvalue weighted by Crippen LogP contribution is 2.26. The molecule has 3 heterocycles. The lowest BCUT2D eigenvalue weighted by atomic mass is 10.1. The molecule has 0 radical (unpaired) electrons. The SMILES string of the molecule is O=c1c2[nH]c3ccccc3c2nc(SCC[NH+]2CCCCC2)n1-c1ccccc1F. The minimum absolute atomic E-state index is 0.239. The fourth-order valence-corrected chi connectivity index (χ4v) is 5.31. The third-order valence-corrected chi connectivity index (χ3v) is 6.78. The molecule has 7 heteroatoms. The van der Waals surface area contributed by atoms with Gasteiger partial charge in [-0.3, -0.25) is 9.36 Å². The van der Waals surface area contributed by atoms with Gasteiger partial charge in [-0.2, -0.15) is 0 Å². The first kappa shape index (κ1) is 19.3. The van der Waals surface area contributed by atoms with Crippen LogP contribution in [-0.2, 0) is 0 Å². The molecule has 4 aromatic rings. The number of H-pyrrole nitrogens is 1. The second-order valence-electron chi connectivity index (χ2n) is 7.79. The van der Waals surface area contributed by atoms with E-state index in [4.69, 9.17) is 4.98 Å². The van der Waals surface area contributed by atoms with E-state index in [0.717, 1.165) is 23.2 Å². The smallest absolute Gasteiger partial charge is 0.283 e. The second kappa shape index (κ2) is 8.24. The maximum absolute atomic E-state index is 14.6. The molecule has 0 saturated carbocycles. The molecular weight excluding hydrogens is 399 g/mol. The molecule has 2 aromatic carbocycles. The van der Waals surface area contributed by atoms with Gasteiger partial charge in [-0.15, -0.1) is 0 Å². The Hall–Kier alpha value is -2.64. The van der Waals surface area contributed by atoms with Crippen LogP contribution in [0.15, 0.2) is 58.5 Å². The number of aromatic amines is 1. The summed E-state index contributed by atoms with van der Waals surface area (Å²) < 4.78 is 16.1. The van der Waals surface area contributed by atoms with Crippen molar-refractivity contribution in [2.24, 2.45) is 0 Å². The van der Waals surface area contributed by atoms with Crippen LogP contribution in [-0.4, -0.2) is 39.9 Å². The van der Waals surface area contributed by atoms with E-state index in [1.807, 2.05) is 24.3 Å². The van der Waals surface area contributed by atoms with E-state index < -0.39 is 5.82 Å². The van der Waals surface area contributed by atoms with Crippen LogP contribution in [0.3, 0.4) is 0 Å². The summed E-state index contributed by atoms with van der Waals surface area (Å²) in [6.07, 6.45) is 3.88. The Morgan fingerprint density at radius 1 is 1.07 bits per heavy atom. The summed E-state index contributed by atoms with van der Waals surface area (Å²) in [5, 5.41) is 1.45. The molecule has 2 N–H and O–H groups in total. The fraction of sp³-hybridized carbons (Fsp3) is 0.304. The van der Waals surface area contributed by atoms with Crippen LogP contribution in [0.2, 0.25) is 0 Å². The Morgan fingerprint density at radius 3 is 2.67 bits per heavy atom. The van der Waals surface area contributed by atoms with Crippen molar-refractivity contribution in [1.29, 1.82) is 0 Å². The van der Waals surface area contributed by atoms with Crippen molar-refractivity contribution in [1.82, 2.24) is 14.5 Å². The monoisotopic (exact) mass is 423 g/mol. The molecule has 2 aromatic heterocycles. The Kier molecular flexibility index (Phi) is 5.31. The summed E-state index contributed by atoms with van der Waals surface area (Å²) in [4.78, 5) is 23.1. The van der Waals surface area contributed by atoms with Crippen molar-refractivity contribution in [2.75, 3.05) is 25.4 Å². The van der Waals surface area contributed by atoms with Crippen LogP contribution < -0.4 is 10.5 Å². The van der Waals surface area contributed by atoms with Crippen molar-refractivity contribution in [3.8, 4) is 5.69 Å². The first-order valence-electron chi connectivity index (χ1n) is 10.5. The number of rotatable bonds is 5. The molecule has 1 saturated heterocycles. The average Bonchev–Trinajstić information content (AvgIpc) is 3.15. The second-order valence-corrected chi connectivity index (χ2v) is 8.85. The van der Waals surface area contributed by atoms with Crippen LogP contribution >= 0.6 is 11.8 Å². The highest BCUT2D eigenvalue weighted by atomic mass is 32.2. The van der Waals surface area contributed by atoms with Crippen LogP contribution in [0.5, 0.6) is 0 Å². The summed E-state index contributed by atoms with van der Waals surface area (Å²) in [5.41, 5.74) is 1.89. The number of nitrogens with zero attached hydrogens (tertiary/aromatic N) is 2. The molecule has 1 aliphatic heterocycles. The molecule has 0 bridgehead atoms. The molecule has 5 rings (SSSR count). The van der Waals surface area contributed by atoms with Gasteiger partial charge in [-0.25, -0.2) is 9.37 Å². The lowest BCUT2D eigenvalue weighted by Gasteiger charge is -2.23. The van der Waals surface area contributed by atoms with E-state index >= 15 is 0 Å². The van der Waals surface area contributed by atoms with Crippen molar-refractivity contribution in [3.05, 3.63) is 64.7 Å². The first-order chi connectivity index (χ1) is 14.7. The molecule has 5 nitrogen and oxygen atoms in total. The maximum atomic E-state index is 14.6. The van der Waals surface area contributed by atoms with Crippen molar-refractivity contribution in [2.45, 2.75) is 24.4 Å². The van der Waals surface area contributed by atoms with Crippen molar-refractivity contribution in [3.63, 3.8) is 0 Å². The van der Waals surface area contributed by atoms with Gasteiger partial charge in [0, 0.05) is 10.9 Å². The number of likely N-dealkylation sites (tertiary alicyclic amines) is 1. The van der Waals surface area contributed by atoms with E-state index in [9.17, 15) is 9.18 Å². The van der Waals surface area contributed by atoms with E-state index in [0.29, 0.717) is 16.2 Å². The number of piperidine rings is 1. The van der Waals surface area contributed by atoms with Crippen LogP contribution in [0, 0.1) is 5.82 Å². The first-order valence-corrected chi connectivity index (χ1v) is 11.5. The molecular formula is C23H24FN4OS+. The number of nitrogens with one attached hydrogen (secondary N) is 2. The largest absolute Gasteiger partial charge is 0.349 e. The van der Waals surface area contributed by atoms with Gasteiger partial charge in [0.2, 0.25) is 0 Å². The topological polar surface area (TPSA) is 55.1 Å². The number of benzene rings is 2. The van der Waals surface area contributed by atoms with Gasteiger partial charge in [-0.1, -0.05) is 42.1 Å². The third-order valence-electron chi connectivity index (χ3n) is 5.84. The van der Waals surface area contributed by atoms with Crippen LogP contribution in [0.1, 0.15) is 19.3 Å². The van der Waals surface area contributed by atoms with Crippen LogP contribution in [0.25, 0.3) is 27.6 Å². The Bertz CT molecular complexity index is 1260. The van der Waals surface area contributed by atoms with Gasteiger partial charge in [0.25, 0.3) is 5.56 Å². The van der Waals surface area contributed by atoms with Gasteiger partial charge in [0.15, 0.2) is 5.16 Å². The third kappa shape index (κ3) is 3.52. The van der Waals surface area contributed by atoms with Gasteiger partial charge in [0.1, 0.15) is 16.9 Å². The number of thioether (sulfide) groups is 1. The van der Waals surface area contributed by atoms with E-state index in [-0.39, 0.29) is 11.2 Å². The van der Waals surface area contributed by atoms with E-state index in [1.54, 1.807) is 23.1 Å². The molecule has 30 heavy (non-hydrogen) atoms. The van der Waals surface area contributed by atoms with Crippen LogP contribution in [0.4, 0.5) is 4.39 Å². The highest BCUT2D eigenvalue weighted by Gasteiger charge is 2.20. The van der Waals surface area contributed by atoms with Crippen molar-refractivity contribution >= 4 is 33.7 Å². The fourth-order valence-electron chi connectivity index (χ4n) is 4.27. The normalized spacial score (nSPS) is 15.2. The van der Waals surface area contributed by atoms with Crippen molar-refractivity contribution < 1.29 is 9.29 Å². The number of halogens is 1. The van der Waals surface area contributed by atoms with Gasteiger partial charge < -0.3 is 9.88 Å². The summed E-state index contributed by atoms with van der Waals surface area (Å²) >= 11 is 1.54. The molecule has 154 valence electrons. The predicted octanol–water partition coefficient (Wildman–Crippen LogP) is 3.17. The summed E-state index contributed by atoms with van der Waals surface area (Å²) in [6.45, 7) is 3.43. The quantitative estimate of drug-likeness (QED) is 0.383. The number of hydrogen-bond acceptors (Lipinski definition) is 3. The zero-order valence-corrected chi connectivity index (χ0v) is 17.5. The minimum atomic E-state index is -0.430. The number of fused-ring (bicyclic) bond motifs is 3. The number of hydrogen-bond donors (Lipinski definition) is 2. The number of aromatic nitrogens is 3. The molecule has 0 atom stereocenters. The molecule has 1 aliphatic rings. The number of quaternary nitrogens is 1. The zero-order chi connectivity index (χ0) is 20.5. The van der Waals surface area contributed by atoms with E-state index in [1.165, 1.54) is 54.7 Å². The predicted molar refractivity (Wildman–Crippen MR) is 119 cm³/mol. The minimum Gasteiger partial charge on any atom is -0.349 e. The lowest BCUT2D eigenvalue weighted by molar-refractivity contribution is -0.902. The van der Waals surface area contributed by atoms with E-state index in [2.05, 4.69) is 4.98 Å². The molecule has 0 amide bonds. The summed E-state index contributed by atoms with van der Waals surface area (Å²) in [7, 11) is 0. The standard InChI is InChI=1S/C23H23FN4OS/c24-17-9-3-5-11-19(17)28-22(29)21-20(16-8-2-4-10-18(16)25-21)26-23(28)30-15-14-27-12-6-1-7-13-27/h2-5,8-11,25H,1,6-7,12-15H2/p+1. The molecule has 0 unspecified atom stereocenters. The summed E-state index contributed by atoms with van der Waals surface area (Å²) in [6, 6.07) is 14.1. The van der Waals surface area contributed by atoms with Gasteiger partial charge in [0.05, 0.1) is 31.1 Å². The van der Waals surface area contributed by atoms with Gasteiger partial charge >= 0.3 is 0 Å².